The molecule has 5 rings (SSSR count). The maximum Gasteiger partial charge on any atom is 0.262 e. The third-order valence-corrected chi connectivity index (χ3v) is 5.79. The fourth-order valence-electron chi connectivity index (χ4n) is 4.06. The summed E-state index contributed by atoms with van der Waals surface area (Å²) in [5, 5.41) is 19.1. The van der Waals surface area contributed by atoms with Gasteiger partial charge in [-0.05, 0) is 30.7 Å². The van der Waals surface area contributed by atoms with E-state index in [1.165, 1.54) is 28.9 Å². The van der Waals surface area contributed by atoms with E-state index in [0.29, 0.717) is 16.8 Å². The summed E-state index contributed by atoms with van der Waals surface area (Å²) in [4.78, 5) is 50.3. The predicted molar refractivity (Wildman–Crippen MR) is 112 cm³/mol. The maximum atomic E-state index is 14.2. The summed E-state index contributed by atoms with van der Waals surface area (Å²) in [6, 6.07) is 9.56. The minimum absolute atomic E-state index is 0.0397. The van der Waals surface area contributed by atoms with Crippen LogP contribution in [0.1, 0.15) is 44.7 Å². The van der Waals surface area contributed by atoms with Crippen LogP contribution in [0.3, 0.4) is 0 Å². The molecule has 0 saturated carbocycles. The highest BCUT2D eigenvalue weighted by molar-refractivity contribution is 6.23. The van der Waals surface area contributed by atoms with Gasteiger partial charge in [-0.15, -0.1) is 5.10 Å². The van der Waals surface area contributed by atoms with Crippen LogP contribution >= 0.6 is 0 Å². The summed E-state index contributed by atoms with van der Waals surface area (Å²) in [6.07, 6.45) is 1.68. The van der Waals surface area contributed by atoms with Gasteiger partial charge in [-0.2, -0.15) is 5.26 Å². The van der Waals surface area contributed by atoms with Crippen molar-refractivity contribution < 1.29 is 23.6 Å². The van der Waals surface area contributed by atoms with Crippen molar-refractivity contribution in [1.29, 1.82) is 5.26 Å². The summed E-state index contributed by atoms with van der Waals surface area (Å²) in [7, 11) is 0. The van der Waals surface area contributed by atoms with Crippen LogP contribution in [0.25, 0.3) is 11.3 Å². The molecule has 1 fully saturated rings. The van der Waals surface area contributed by atoms with Gasteiger partial charge in [-0.1, -0.05) is 17.3 Å². The van der Waals surface area contributed by atoms with E-state index in [1.807, 2.05) is 6.07 Å². The number of aromatic nitrogens is 3. The quantitative estimate of drug-likeness (QED) is 0.583. The van der Waals surface area contributed by atoms with Crippen molar-refractivity contribution in [1.82, 2.24) is 25.2 Å². The monoisotopic (exact) mass is 458 g/mol. The number of carbonyl (C=O) groups is 4. The highest BCUT2D eigenvalue weighted by Crippen LogP contribution is 2.30. The number of hydrogen-bond acceptors (Lipinski definition) is 7. The van der Waals surface area contributed by atoms with Crippen molar-refractivity contribution in [2.24, 2.45) is 0 Å². The van der Waals surface area contributed by atoms with Gasteiger partial charge in [-0.25, -0.2) is 9.07 Å². The molecule has 0 bridgehead atoms. The Morgan fingerprint density at radius 3 is 2.62 bits per heavy atom. The largest absolute Gasteiger partial charge is 0.295 e. The molecule has 2 aliphatic rings. The first kappa shape index (κ1) is 21.1. The minimum atomic E-state index is -1.04. The summed E-state index contributed by atoms with van der Waals surface area (Å²) in [5.41, 5.74) is 1.73. The van der Waals surface area contributed by atoms with Crippen LogP contribution in [0.2, 0.25) is 0 Å². The highest BCUT2D eigenvalue weighted by atomic mass is 19.1. The van der Waals surface area contributed by atoms with Crippen molar-refractivity contribution in [3.05, 3.63) is 70.7 Å². The second kappa shape index (κ2) is 8.00. The van der Waals surface area contributed by atoms with E-state index in [-0.39, 0.29) is 36.1 Å². The molecule has 1 unspecified atom stereocenters. The molecule has 10 nitrogen and oxygen atoms in total. The van der Waals surface area contributed by atoms with Gasteiger partial charge in [0.1, 0.15) is 17.6 Å². The zero-order chi connectivity index (χ0) is 24.0. The number of hydrogen-bond donors (Lipinski definition) is 1. The Labute approximate surface area is 191 Å². The summed E-state index contributed by atoms with van der Waals surface area (Å²) in [6.45, 7) is 0.0796. The van der Waals surface area contributed by atoms with Crippen molar-refractivity contribution in [3.8, 4) is 17.3 Å². The first-order valence-electron chi connectivity index (χ1n) is 10.3. The van der Waals surface area contributed by atoms with E-state index < -0.39 is 35.5 Å². The second-order valence-corrected chi connectivity index (χ2v) is 7.93. The fraction of sp³-hybridized carbons (Fsp3) is 0.174. The molecule has 0 aliphatic carbocycles. The lowest BCUT2D eigenvalue weighted by Crippen LogP contribution is -2.54. The number of benzene rings is 2. The van der Waals surface area contributed by atoms with Crippen LogP contribution in [0.15, 0.2) is 42.6 Å². The van der Waals surface area contributed by atoms with Crippen LogP contribution in [-0.4, -0.2) is 49.6 Å². The van der Waals surface area contributed by atoms with Crippen LogP contribution < -0.4 is 5.32 Å². The van der Waals surface area contributed by atoms with Gasteiger partial charge >= 0.3 is 0 Å². The van der Waals surface area contributed by atoms with E-state index in [9.17, 15) is 23.6 Å². The van der Waals surface area contributed by atoms with E-state index >= 15 is 0 Å². The zero-order valence-corrected chi connectivity index (χ0v) is 17.5. The second-order valence-electron chi connectivity index (χ2n) is 7.93. The highest BCUT2D eigenvalue weighted by Gasteiger charge is 2.44. The van der Waals surface area contributed by atoms with Crippen molar-refractivity contribution >= 4 is 23.6 Å². The first-order valence-corrected chi connectivity index (χ1v) is 10.3. The van der Waals surface area contributed by atoms with Gasteiger partial charge in [0, 0.05) is 17.5 Å². The van der Waals surface area contributed by atoms with Gasteiger partial charge in [-0.3, -0.25) is 29.4 Å². The molecule has 1 aromatic heterocycles. The van der Waals surface area contributed by atoms with E-state index in [2.05, 4.69) is 15.6 Å². The summed E-state index contributed by atoms with van der Waals surface area (Å²) < 4.78 is 15.6. The summed E-state index contributed by atoms with van der Waals surface area (Å²) in [5.74, 6) is -2.87. The standard InChI is InChI=1S/C23H15FN6O4/c24-17-7-12(9-25)1-2-14(17)10-29-11-18(27-28-29)13-3-4-15-16(8-13)23(34)30(22(15)33)19-5-6-20(31)26-21(19)32/h1-4,7-8,11,19H,5-6,10H2,(H,26,31,32). The van der Waals surface area contributed by atoms with Crippen molar-refractivity contribution in [2.45, 2.75) is 25.4 Å². The average Bonchev–Trinajstić information content (AvgIpc) is 3.38. The average molecular weight is 458 g/mol. The molecule has 1 N–H and O–H groups in total. The van der Waals surface area contributed by atoms with Gasteiger partial charge in [0.25, 0.3) is 11.8 Å². The number of nitrogens with one attached hydrogen (secondary N) is 1. The molecular weight excluding hydrogens is 443 g/mol. The molecule has 2 aliphatic heterocycles. The number of amides is 4. The van der Waals surface area contributed by atoms with Gasteiger partial charge < -0.3 is 0 Å². The van der Waals surface area contributed by atoms with Crippen molar-refractivity contribution in [2.75, 3.05) is 0 Å². The molecule has 11 heteroatoms. The number of carbonyl (C=O) groups excluding carboxylic acids is 4. The normalized spacial score (nSPS) is 17.5. The third kappa shape index (κ3) is 3.51. The van der Waals surface area contributed by atoms with Gasteiger partial charge in [0.05, 0.1) is 35.5 Å². The van der Waals surface area contributed by atoms with Crippen LogP contribution in [0.4, 0.5) is 4.39 Å². The smallest absolute Gasteiger partial charge is 0.262 e. The Balaban J connectivity index is 1.39. The van der Waals surface area contributed by atoms with Crippen LogP contribution in [0, 0.1) is 17.1 Å². The molecule has 168 valence electrons. The number of rotatable bonds is 4. The molecule has 1 saturated heterocycles. The number of piperidine rings is 1. The number of imide groups is 2. The number of nitriles is 1. The number of halogens is 1. The topological polar surface area (TPSA) is 138 Å². The lowest BCUT2D eigenvalue weighted by molar-refractivity contribution is -0.136. The first-order chi connectivity index (χ1) is 16.4. The van der Waals surface area contributed by atoms with Gasteiger partial charge in [0.2, 0.25) is 11.8 Å². The van der Waals surface area contributed by atoms with Gasteiger partial charge in [0.15, 0.2) is 0 Å². The molecule has 3 aromatic rings. The summed E-state index contributed by atoms with van der Waals surface area (Å²) >= 11 is 0. The molecular formula is C23H15FN6O4. The van der Waals surface area contributed by atoms with Crippen LogP contribution in [0.5, 0.6) is 0 Å². The predicted octanol–water partition coefficient (Wildman–Crippen LogP) is 1.41. The number of fused-ring (bicyclic) bond motifs is 1. The third-order valence-electron chi connectivity index (χ3n) is 5.79. The molecule has 2 aromatic carbocycles. The molecule has 0 spiro atoms. The minimum Gasteiger partial charge on any atom is -0.295 e. The molecule has 34 heavy (non-hydrogen) atoms. The Morgan fingerprint density at radius 2 is 1.88 bits per heavy atom. The Kier molecular flexibility index (Phi) is 4.98. The van der Waals surface area contributed by atoms with E-state index in [4.69, 9.17) is 5.26 Å². The van der Waals surface area contributed by atoms with E-state index in [0.717, 1.165) is 11.0 Å². The molecule has 4 amide bonds. The Hall–Kier alpha value is -4.72. The fourth-order valence-corrected chi connectivity index (χ4v) is 4.06. The van der Waals surface area contributed by atoms with E-state index in [1.54, 1.807) is 12.3 Å². The lowest BCUT2D eigenvalue weighted by atomic mass is 10.0. The van der Waals surface area contributed by atoms with Crippen LogP contribution in [-0.2, 0) is 16.1 Å². The lowest BCUT2D eigenvalue weighted by Gasteiger charge is -2.27. The Bertz CT molecular complexity index is 1440. The number of nitrogens with zero attached hydrogens (tertiary/aromatic N) is 5. The molecule has 0 radical (unpaired) electrons. The maximum absolute atomic E-state index is 14.2. The zero-order valence-electron chi connectivity index (χ0n) is 17.5. The molecule has 3 heterocycles. The Morgan fingerprint density at radius 1 is 1.09 bits per heavy atom. The molecule has 1 atom stereocenters. The SMILES string of the molecule is N#Cc1ccc(Cn2cc(-c3ccc4c(c3)C(=O)N(C3CCC(=O)NC3=O)C4=O)nn2)c(F)c1. The van der Waals surface area contributed by atoms with Crippen molar-refractivity contribution in [3.63, 3.8) is 0 Å².